The number of aromatic nitrogens is 1. The number of rotatable bonds is 9. The zero-order chi connectivity index (χ0) is 31.5. The van der Waals surface area contributed by atoms with Gasteiger partial charge in [0.2, 0.25) is 5.91 Å². The summed E-state index contributed by atoms with van der Waals surface area (Å²) in [6.45, 7) is 6.24. The van der Waals surface area contributed by atoms with E-state index < -0.39 is 53.2 Å². The van der Waals surface area contributed by atoms with Crippen LogP contribution in [0.2, 0.25) is 5.02 Å². The molecule has 3 heterocycles. The molecular formula is C32H39ClF3N3O4. The highest BCUT2D eigenvalue weighted by atomic mass is 35.5. The van der Waals surface area contributed by atoms with Gasteiger partial charge in [-0.05, 0) is 73.4 Å². The van der Waals surface area contributed by atoms with Gasteiger partial charge in [-0.3, -0.25) is 19.4 Å². The lowest BCUT2D eigenvalue weighted by Crippen LogP contribution is -2.55. The highest BCUT2D eigenvalue weighted by molar-refractivity contribution is 6.30. The van der Waals surface area contributed by atoms with Crippen molar-refractivity contribution in [1.29, 1.82) is 0 Å². The SMILES string of the molecule is CCCCC1C(C(=O)N2CCc3cc(Cl)ccc3C2CC(C(=O)O)C(C)C)CCCN1C(=O)c1ncccc1C(F)(F)F. The number of carbonyl (C=O) groups is 3. The molecule has 2 amide bonds. The molecule has 234 valence electrons. The third kappa shape index (κ3) is 7.16. The molecule has 11 heteroatoms. The number of piperidine rings is 1. The van der Waals surface area contributed by atoms with E-state index >= 15 is 0 Å². The van der Waals surface area contributed by atoms with Gasteiger partial charge in [0, 0.05) is 30.4 Å². The number of nitrogens with zero attached hydrogens (tertiary/aromatic N) is 3. The summed E-state index contributed by atoms with van der Waals surface area (Å²) < 4.78 is 41.4. The zero-order valence-electron chi connectivity index (χ0n) is 24.7. The summed E-state index contributed by atoms with van der Waals surface area (Å²) in [6, 6.07) is 6.33. The van der Waals surface area contributed by atoms with Gasteiger partial charge in [-0.2, -0.15) is 13.2 Å². The summed E-state index contributed by atoms with van der Waals surface area (Å²) in [7, 11) is 0. The molecule has 0 aliphatic carbocycles. The van der Waals surface area contributed by atoms with Crippen molar-refractivity contribution in [2.75, 3.05) is 13.1 Å². The van der Waals surface area contributed by atoms with Gasteiger partial charge in [-0.25, -0.2) is 0 Å². The number of benzene rings is 1. The van der Waals surface area contributed by atoms with Crippen molar-refractivity contribution in [3.05, 3.63) is 63.9 Å². The number of carboxylic acids is 1. The van der Waals surface area contributed by atoms with Crippen LogP contribution in [0.15, 0.2) is 36.5 Å². The predicted molar refractivity (Wildman–Crippen MR) is 157 cm³/mol. The van der Waals surface area contributed by atoms with E-state index in [1.165, 1.54) is 11.1 Å². The quantitative estimate of drug-likeness (QED) is 0.324. The average Bonchev–Trinajstić information content (AvgIpc) is 2.96. The minimum Gasteiger partial charge on any atom is -0.481 e. The number of carbonyl (C=O) groups excluding carboxylic acids is 2. The number of likely N-dealkylation sites (tertiary alicyclic amines) is 1. The van der Waals surface area contributed by atoms with E-state index in [1.54, 1.807) is 11.0 Å². The van der Waals surface area contributed by atoms with Gasteiger partial charge in [0.15, 0.2) is 0 Å². The van der Waals surface area contributed by atoms with Gasteiger partial charge in [-0.15, -0.1) is 0 Å². The first-order chi connectivity index (χ1) is 20.3. The number of aliphatic carboxylic acids is 1. The molecule has 1 N–H and O–H groups in total. The van der Waals surface area contributed by atoms with Crippen LogP contribution < -0.4 is 0 Å². The summed E-state index contributed by atoms with van der Waals surface area (Å²) in [6.07, 6.45) is 0.0327. The molecule has 0 radical (unpaired) electrons. The topological polar surface area (TPSA) is 90.8 Å². The van der Waals surface area contributed by atoms with Gasteiger partial charge >= 0.3 is 12.1 Å². The van der Waals surface area contributed by atoms with E-state index in [1.807, 2.05) is 32.9 Å². The van der Waals surface area contributed by atoms with E-state index in [0.717, 1.165) is 29.7 Å². The highest BCUT2D eigenvalue weighted by Crippen LogP contribution is 2.41. The smallest absolute Gasteiger partial charge is 0.418 e. The molecule has 1 saturated heterocycles. The third-order valence-electron chi connectivity index (χ3n) is 8.87. The van der Waals surface area contributed by atoms with Gasteiger partial charge in [-0.1, -0.05) is 51.3 Å². The summed E-state index contributed by atoms with van der Waals surface area (Å²) in [5.41, 5.74) is 0.0650. The van der Waals surface area contributed by atoms with Crippen LogP contribution in [-0.4, -0.2) is 56.8 Å². The van der Waals surface area contributed by atoms with E-state index in [4.69, 9.17) is 11.6 Å². The van der Waals surface area contributed by atoms with Crippen LogP contribution in [0.4, 0.5) is 13.2 Å². The van der Waals surface area contributed by atoms with E-state index in [2.05, 4.69) is 4.98 Å². The van der Waals surface area contributed by atoms with E-state index in [9.17, 15) is 32.7 Å². The van der Waals surface area contributed by atoms with Crippen LogP contribution >= 0.6 is 11.6 Å². The molecular weight excluding hydrogens is 583 g/mol. The molecule has 0 spiro atoms. The number of carboxylic acid groups (broad SMARTS) is 1. The number of unbranched alkanes of at least 4 members (excludes halogenated alkanes) is 1. The Hall–Kier alpha value is -3.14. The molecule has 4 rings (SSSR count). The molecule has 1 fully saturated rings. The maximum atomic E-state index is 14.5. The Kier molecular flexibility index (Phi) is 10.4. The van der Waals surface area contributed by atoms with Crippen molar-refractivity contribution in [2.24, 2.45) is 17.8 Å². The first-order valence-electron chi connectivity index (χ1n) is 15.0. The molecule has 0 bridgehead atoms. The molecule has 2 aliphatic rings. The lowest BCUT2D eigenvalue weighted by Gasteiger charge is -2.46. The molecule has 0 saturated carbocycles. The van der Waals surface area contributed by atoms with Crippen LogP contribution in [0.1, 0.15) is 92.5 Å². The molecule has 1 aromatic carbocycles. The minimum atomic E-state index is -4.75. The Morgan fingerprint density at radius 2 is 1.88 bits per heavy atom. The molecule has 2 aliphatic heterocycles. The maximum absolute atomic E-state index is 14.5. The molecule has 4 unspecified atom stereocenters. The van der Waals surface area contributed by atoms with Crippen LogP contribution in [-0.2, 0) is 22.2 Å². The Balaban J connectivity index is 1.71. The number of alkyl halides is 3. The number of halogens is 4. The first kappa shape index (κ1) is 32.8. The van der Waals surface area contributed by atoms with Crippen molar-refractivity contribution in [1.82, 2.24) is 14.8 Å². The van der Waals surface area contributed by atoms with E-state index in [0.29, 0.717) is 43.7 Å². The Morgan fingerprint density at radius 3 is 2.53 bits per heavy atom. The van der Waals surface area contributed by atoms with Gasteiger partial charge in [0.1, 0.15) is 5.69 Å². The lowest BCUT2D eigenvalue weighted by atomic mass is 9.80. The summed E-state index contributed by atoms with van der Waals surface area (Å²) in [4.78, 5) is 47.4. The molecule has 7 nitrogen and oxygen atoms in total. The van der Waals surface area contributed by atoms with Crippen LogP contribution in [0.3, 0.4) is 0 Å². The second kappa shape index (κ2) is 13.7. The monoisotopic (exact) mass is 621 g/mol. The summed E-state index contributed by atoms with van der Waals surface area (Å²) in [5, 5.41) is 10.6. The minimum absolute atomic E-state index is 0.173. The summed E-state index contributed by atoms with van der Waals surface area (Å²) in [5.74, 6) is -3.47. The van der Waals surface area contributed by atoms with Crippen molar-refractivity contribution < 1.29 is 32.7 Å². The largest absolute Gasteiger partial charge is 0.481 e. The lowest BCUT2D eigenvalue weighted by molar-refractivity contribution is -0.148. The van der Waals surface area contributed by atoms with Crippen LogP contribution in [0.25, 0.3) is 0 Å². The van der Waals surface area contributed by atoms with E-state index in [-0.39, 0.29) is 24.8 Å². The molecule has 43 heavy (non-hydrogen) atoms. The number of pyridine rings is 1. The van der Waals surface area contributed by atoms with Crippen LogP contribution in [0, 0.1) is 17.8 Å². The normalized spacial score (nSPS) is 21.4. The number of amides is 2. The Labute approximate surface area is 255 Å². The fourth-order valence-electron chi connectivity index (χ4n) is 6.62. The molecule has 2 aromatic rings. The van der Waals surface area contributed by atoms with Gasteiger partial charge in [0.05, 0.1) is 23.4 Å². The number of hydrogen-bond acceptors (Lipinski definition) is 4. The van der Waals surface area contributed by atoms with Gasteiger partial charge < -0.3 is 14.9 Å². The fraction of sp³-hybridized carbons (Fsp3) is 0.562. The van der Waals surface area contributed by atoms with Crippen molar-refractivity contribution in [3.63, 3.8) is 0 Å². The standard InChI is InChI=1S/C32H39ClF3N3O4/c1-4-5-10-26-23(8-7-15-38(26)30(41)28-25(32(34,35)36)9-6-14-37-28)29(40)39-16-13-20-17-21(33)11-12-22(20)27(39)18-24(19(2)3)31(42)43/h6,9,11-12,14,17,19,23-24,26-27H,4-5,7-8,10,13,15-16,18H2,1-3H3,(H,42,43). The Bertz CT molecular complexity index is 1340. The van der Waals surface area contributed by atoms with Gasteiger partial charge in [0.25, 0.3) is 5.91 Å². The third-order valence-corrected chi connectivity index (χ3v) is 9.11. The van der Waals surface area contributed by atoms with Crippen molar-refractivity contribution in [2.45, 2.75) is 84.0 Å². The van der Waals surface area contributed by atoms with Crippen molar-refractivity contribution >= 4 is 29.4 Å². The number of fused-ring (bicyclic) bond motifs is 1. The summed E-state index contributed by atoms with van der Waals surface area (Å²) >= 11 is 6.27. The Morgan fingerprint density at radius 1 is 1.14 bits per heavy atom. The fourth-order valence-corrected chi connectivity index (χ4v) is 6.81. The average molecular weight is 622 g/mol. The van der Waals surface area contributed by atoms with Crippen LogP contribution in [0.5, 0.6) is 0 Å². The maximum Gasteiger partial charge on any atom is 0.418 e. The number of hydrogen-bond donors (Lipinski definition) is 1. The second-order valence-corrected chi connectivity index (χ2v) is 12.4. The van der Waals surface area contributed by atoms with Crippen molar-refractivity contribution in [3.8, 4) is 0 Å². The predicted octanol–water partition coefficient (Wildman–Crippen LogP) is 7.04. The molecule has 1 aromatic heterocycles. The molecule has 4 atom stereocenters. The highest BCUT2D eigenvalue weighted by Gasteiger charge is 2.45. The zero-order valence-corrected chi connectivity index (χ0v) is 25.5. The second-order valence-electron chi connectivity index (χ2n) is 11.9. The first-order valence-corrected chi connectivity index (χ1v) is 15.4.